The van der Waals surface area contributed by atoms with Crippen LogP contribution in [0.4, 0.5) is 13.2 Å². The molecule has 0 bridgehead atoms. The first-order valence-electron chi connectivity index (χ1n) is 12.3. The van der Waals surface area contributed by atoms with E-state index in [1.807, 2.05) is 12.1 Å². The molecule has 37 heavy (non-hydrogen) atoms. The van der Waals surface area contributed by atoms with E-state index in [-0.39, 0.29) is 17.4 Å². The zero-order valence-corrected chi connectivity index (χ0v) is 19.7. The van der Waals surface area contributed by atoms with Gasteiger partial charge in [0.2, 0.25) is 11.5 Å². The molecule has 1 fully saturated rings. The Hall–Kier alpha value is -3.88. The third-order valence-corrected chi connectivity index (χ3v) is 7.51. The zero-order valence-electron chi connectivity index (χ0n) is 19.7. The normalized spacial score (nSPS) is 18.7. The fourth-order valence-corrected chi connectivity index (χ4v) is 5.48. The van der Waals surface area contributed by atoms with Crippen LogP contribution in [-0.4, -0.2) is 21.4 Å². The molecule has 0 radical (unpaired) electrons. The van der Waals surface area contributed by atoms with E-state index < -0.39 is 23.5 Å². The van der Waals surface area contributed by atoms with Crippen LogP contribution in [0.3, 0.4) is 0 Å². The highest BCUT2D eigenvalue weighted by Gasteiger charge is 2.43. The van der Waals surface area contributed by atoms with E-state index in [1.54, 1.807) is 30.3 Å². The Kier molecular flexibility index (Phi) is 5.66. The summed E-state index contributed by atoms with van der Waals surface area (Å²) >= 11 is 0. The van der Waals surface area contributed by atoms with E-state index in [1.165, 1.54) is 0 Å². The molecule has 2 aromatic carbocycles. The first-order chi connectivity index (χ1) is 17.8. The molecule has 0 amide bonds. The lowest BCUT2D eigenvalue weighted by atomic mass is 9.72. The number of carboxylic acid groups (broad SMARTS) is 1. The van der Waals surface area contributed by atoms with Gasteiger partial charge in [0.15, 0.2) is 0 Å². The van der Waals surface area contributed by atoms with Crippen molar-refractivity contribution in [3.63, 3.8) is 0 Å². The van der Waals surface area contributed by atoms with Crippen LogP contribution >= 0.6 is 0 Å². The number of aromatic nitrogens is 2. The summed E-state index contributed by atoms with van der Waals surface area (Å²) in [6.45, 7) is 0. The molecule has 2 aliphatic carbocycles. The number of carboxylic acids is 1. The summed E-state index contributed by atoms with van der Waals surface area (Å²) < 4.78 is 53.2. The van der Waals surface area contributed by atoms with Gasteiger partial charge in [-0.15, -0.1) is 0 Å². The van der Waals surface area contributed by atoms with Gasteiger partial charge in [0.25, 0.3) is 0 Å². The smallest absolute Gasteiger partial charge is 0.422 e. The highest BCUT2D eigenvalue weighted by molar-refractivity contribution is 5.79. The quantitative estimate of drug-likeness (QED) is 0.307. The average Bonchev–Trinajstić information content (AvgIpc) is 3.47. The summed E-state index contributed by atoms with van der Waals surface area (Å²) in [5.41, 5.74) is 3.22. The van der Waals surface area contributed by atoms with Gasteiger partial charge >= 0.3 is 12.1 Å². The Morgan fingerprint density at radius 2 is 1.70 bits per heavy atom. The molecule has 0 spiro atoms. The first kappa shape index (κ1) is 23.5. The molecule has 2 aliphatic rings. The molecule has 9 heteroatoms. The topological polar surface area (TPSA) is 89.4 Å². The molecule has 0 atom stereocenters. The van der Waals surface area contributed by atoms with E-state index in [0.717, 1.165) is 42.4 Å². The van der Waals surface area contributed by atoms with Crippen LogP contribution in [0.5, 0.6) is 0 Å². The zero-order chi connectivity index (χ0) is 25.7. The van der Waals surface area contributed by atoms with Crippen molar-refractivity contribution in [3.05, 3.63) is 70.8 Å². The molecular formula is C28H23F3N2O4. The molecule has 2 heterocycles. The third kappa shape index (κ3) is 4.22. The predicted octanol–water partition coefficient (Wildman–Crippen LogP) is 6.82. The molecule has 1 saturated carbocycles. The monoisotopic (exact) mass is 508 g/mol. The molecule has 0 aliphatic heterocycles. The highest BCUT2D eigenvalue weighted by atomic mass is 19.4. The Labute approximate surface area is 210 Å². The maximum Gasteiger partial charge on any atom is 0.422 e. The van der Waals surface area contributed by atoms with Gasteiger partial charge in [-0.2, -0.15) is 13.2 Å². The van der Waals surface area contributed by atoms with Crippen LogP contribution in [0, 0.1) is 11.8 Å². The van der Waals surface area contributed by atoms with Crippen molar-refractivity contribution in [2.75, 3.05) is 0 Å². The summed E-state index contributed by atoms with van der Waals surface area (Å²) in [5.74, 6) is -0.978. The third-order valence-electron chi connectivity index (χ3n) is 7.51. The number of aliphatic carboxylic acids is 1. The van der Waals surface area contributed by atoms with Gasteiger partial charge in [-0.1, -0.05) is 58.8 Å². The van der Waals surface area contributed by atoms with Gasteiger partial charge in [-0.25, -0.2) is 0 Å². The number of fused-ring (bicyclic) bond motifs is 3. The van der Waals surface area contributed by atoms with Gasteiger partial charge in [-0.3, -0.25) is 4.79 Å². The second-order valence-electron chi connectivity index (χ2n) is 9.84. The van der Waals surface area contributed by atoms with Gasteiger partial charge in [-0.05, 0) is 55.6 Å². The Bertz CT molecular complexity index is 1470. The number of hydrogen-bond acceptors (Lipinski definition) is 5. The first-order valence-corrected chi connectivity index (χ1v) is 12.3. The number of carbonyl (C=O) groups is 1. The van der Waals surface area contributed by atoms with Gasteiger partial charge < -0.3 is 14.2 Å². The molecule has 6 rings (SSSR count). The molecule has 6 nitrogen and oxygen atoms in total. The van der Waals surface area contributed by atoms with Crippen LogP contribution in [0.25, 0.3) is 34.0 Å². The van der Waals surface area contributed by atoms with E-state index in [0.29, 0.717) is 35.6 Å². The van der Waals surface area contributed by atoms with Gasteiger partial charge in [0.1, 0.15) is 17.0 Å². The molecule has 2 aromatic heterocycles. The van der Waals surface area contributed by atoms with Crippen LogP contribution in [0.15, 0.2) is 57.6 Å². The summed E-state index contributed by atoms with van der Waals surface area (Å²) in [6.07, 6.45) is -0.333. The minimum absolute atomic E-state index is 0.0373. The minimum atomic E-state index is -4.70. The lowest BCUT2D eigenvalue weighted by molar-refractivity contribution is -0.146. The highest BCUT2D eigenvalue weighted by Crippen LogP contribution is 2.47. The van der Waals surface area contributed by atoms with Crippen molar-refractivity contribution < 1.29 is 32.1 Å². The van der Waals surface area contributed by atoms with Crippen LogP contribution < -0.4 is 0 Å². The summed E-state index contributed by atoms with van der Waals surface area (Å²) in [4.78, 5) is 11.0. The molecule has 0 unspecified atom stereocenters. The fourth-order valence-electron chi connectivity index (χ4n) is 5.48. The van der Waals surface area contributed by atoms with E-state index in [2.05, 4.69) is 16.4 Å². The average molecular weight is 508 g/mol. The molecule has 1 N–H and O–H groups in total. The van der Waals surface area contributed by atoms with Crippen molar-refractivity contribution in [1.82, 2.24) is 10.3 Å². The van der Waals surface area contributed by atoms with Crippen molar-refractivity contribution in [2.24, 2.45) is 11.8 Å². The Morgan fingerprint density at radius 3 is 2.43 bits per heavy atom. The number of benzene rings is 2. The maximum atomic E-state index is 14.2. The van der Waals surface area contributed by atoms with Crippen molar-refractivity contribution in [1.29, 1.82) is 0 Å². The number of rotatable bonds is 6. The van der Waals surface area contributed by atoms with Crippen LogP contribution in [0.2, 0.25) is 0 Å². The largest absolute Gasteiger partial charge is 0.481 e. The second kappa shape index (κ2) is 8.90. The molecule has 4 aromatic rings. The number of aryl methyl sites for hydroxylation is 2. The molecule has 190 valence electrons. The van der Waals surface area contributed by atoms with Crippen LogP contribution in [-0.2, 0) is 30.2 Å². The molecule has 0 saturated heterocycles. The number of nitrogens with zero attached hydrogens (tertiary/aromatic N) is 2. The summed E-state index contributed by atoms with van der Waals surface area (Å²) in [6, 6.07) is 14.2. The van der Waals surface area contributed by atoms with E-state index in [4.69, 9.17) is 14.2 Å². The second-order valence-corrected chi connectivity index (χ2v) is 9.84. The number of halogens is 3. The van der Waals surface area contributed by atoms with Crippen molar-refractivity contribution in [3.8, 4) is 34.0 Å². The maximum absolute atomic E-state index is 14.2. The molecular weight excluding hydrogens is 485 g/mol. The number of alkyl halides is 3. The predicted molar refractivity (Wildman–Crippen MR) is 127 cm³/mol. The van der Waals surface area contributed by atoms with E-state index >= 15 is 0 Å². The lowest BCUT2D eigenvalue weighted by Crippen LogP contribution is -2.30. The van der Waals surface area contributed by atoms with Crippen molar-refractivity contribution in [2.45, 2.75) is 44.7 Å². The summed E-state index contributed by atoms with van der Waals surface area (Å²) in [7, 11) is 0. The van der Waals surface area contributed by atoms with Gasteiger partial charge in [0.05, 0.1) is 5.92 Å². The van der Waals surface area contributed by atoms with Gasteiger partial charge in [0, 0.05) is 16.7 Å². The number of hydrogen-bond donors (Lipinski definition) is 1. The Morgan fingerprint density at radius 1 is 0.973 bits per heavy atom. The van der Waals surface area contributed by atoms with Crippen molar-refractivity contribution >= 4 is 5.97 Å². The Balaban J connectivity index is 1.28. The fraction of sp³-hybridized carbons (Fsp3) is 0.321. The minimum Gasteiger partial charge on any atom is -0.481 e. The summed E-state index contributed by atoms with van der Waals surface area (Å²) in [5, 5.41) is 17.0. The van der Waals surface area contributed by atoms with Crippen LogP contribution in [0.1, 0.15) is 41.5 Å². The van der Waals surface area contributed by atoms with E-state index in [9.17, 15) is 18.0 Å². The standard InChI is InChI=1S/C28H23F3N2O4/c29-28(30,31)22-23(17-4-2-1-3-5-17)32-37-26(22)25-21-11-9-18-12-15(8-10-20(18)24(21)33-36-25)6-7-16-13-19(14-16)27(34)35/h1-5,8,10,12,16,19H,6-7,9,11,13-14H2,(H,34,35). The SMILES string of the molecule is O=C(O)C1CC(CCc2ccc3c(c2)CCc2c-3noc2-c2onc(-c3ccccc3)c2C(F)(F)F)C1. The lowest BCUT2D eigenvalue weighted by Gasteiger charge is -2.32.